The Bertz CT molecular complexity index is 2050. The van der Waals surface area contributed by atoms with Gasteiger partial charge in [-0.3, -0.25) is 34.3 Å². The van der Waals surface area contributed by atoms with Gasteiger partial charge in [-0.2, -0.15) is 0 Å². The van der Waals surface area contributed by atoms with Gasteiger partial charge < -0.3 is 24.0 Å². The normalized spacial score (nSPS) is 21.0. The number of pyridine rings is 1. The van der Waals surface area contributed by atoms with Gasteiger partial charge in [0.2, 0.25) is 11.8 Å². The standard InChI is InChI=1S/C40H46N6O7/c1-23-28(20-35(41-2)45-13-6-14-45)30(21-43(3)38(23)49)26-18-33(52-4)31(34(19-26)53-5)22-44-15-11-24(12-16-44)25-7-8-27-29(17-25)40(51)46(39(27)50)32-9-10-36(47)42-37(32)48/h7-8,17-21,24,32,40,51H,2,6,9-16,22H2,1,3-5H3,(H,42,47,48)/b35-20+. The molecule has 13 heteroatoms. The average Bonchev–Trinajstić information content (AvgIpc) is 3.38. The number of imide groups is 1. The molecule has 2 aromatic carbocycles. The second-order valence-electron chi connectivity index (χ2n) is 14.3. The number of nitrogens with one attached hydrogen (secondary N) is 1. The zero-order valence-corrected chi connectivity index (χ0v) is 30.7. The van der Waals surface area contributed by atoms with Crippen LogP contribution in [0.15, 0.2) is 52.1 Å². The number of piperidine rings is 2. The van der Waals surface area contributed by atoms with Crippen LogP contribution in [0.4, 0.5) is 0 Å². The highest BCUT2D eigenvalue weighted by molar-refractivity contribution is 6.05. The first-order valence-corrected chi connectivity index (χ1v) is 18.1. The highest BCUT2D eigenvalue weighted by Gasteiger charge is 2.44. The summed E-state index contributed by atoms with van der Waals surface area (Å²) in [4.78, 5) is 60.5. The molecular formula is C40H46N6O7. The number of amides is 3. The van der Waals surface area contributed by atoms with Gasteiger partial charge in [-0.05, 0) is 99.3 Å². The molecule has 3 amide bonds. The number of nitrogens with zero attached hydrogens (tertiary/aromatic N) is 5. The lowest BCUT2D eigenvalue weighted by molar-refractivity contribution is -0.139. The van der Waals surface area contributed by atoms with E-state index in [-0.39, 0.29) is 30.2 Å². The summed E-state index contributed by atoms with van der Waals surface area (Å²) in [6, 6.07) is 8.71. The van der Waals surface area contributed by atoms with Crippen molar-refractivity contribution < 1.29 is 29.0 Å². The molecule has 3 fully saturated rings. The number of aliphatic hydroxyl groups excluding tert-OH is 1. The third-order valence-corrected chi connectivity index (χ3v) is 11.3. The number of aliphatic imine (C=N–C) groups is 1. The van der Waals surface area contributed by atoms with Crippen LogP contribution < -0.4 is 20.3 Å². The van der Waals surface area contributed by atoms with Crippen LogP contribution in [0.3, 0.4) is 0 Å². The smallest absolute Gasteiger partial charge is 0.257 e. The second kappa shape index (κ2) is 14.6. The van der Waals surface area contributed by atoms with Crippen molar-refractivity contribution in [3.05, 3.63) is 86.1 Å². The highest BCUT2D eigenvalue weighted by atomic mass is 16.5. The van der Waals surface area contributed by atoms with Crippen LogP contribution in [0.1, 0.15) is 82.4 Å². The number of fused-ring (bicyclic) bond motifs is 1. The van der Waals surface area contributed by atoms with Gasteiger partial charge in [0, 0.05) is 61.6 Å². The molecule has 3 aromatic rings. The minimum Gasteiger partial charge on any atom is -0.496 e. The first-order chi connectivity index (χ1) is 25.5. The molecule has 2 unspecified atom stereocenters. The van der Waals surface area contributed by atoms with E-state index < -0.39 is 24.1 Å². The highest BCUT2D eigenvalue weighted by Crippen LogP contribution is 2.41. The molecule has 1 aromatic heterocycles. The number of carbonyl (C=O) groups excluding carboxylic acids is 3. The maximum Gasteiger partial charge on any atom is 0.257 e. The lowest BCUT2D eigenvalue weighted by atomic mass is 9.87. The maximum absolute atomic E-state index is 13.2. The number of aliphatic hydroxyl groups is 1. The summed E-state index contributed by atoms with van der Waals surface area (Å²) in [7, 11) is 5.06. The molecule has 0 spiro atoms. The monoisotopic (exact) mass is 722 g/mol. The Labute approximate surface area is 308 Å². The van der Waals surface area contributed by atoms with E-state index in [9.17, 15) is 24.3 Å². The Morgan fingerprint density at radius 1 is 1.00 bits per heavy atom. The van der Waals surface area contributed by atoms with Crippen molar-refractivity contribution in [2.24, 2.45) is 12.0 Å². The number of carbonyl (C=O) groups is 3. The van der Waals surface area contributed by atoms with Gasteiger partial charge in [-0.25, -0.2) is 4.99 Å². The van der Waals surface area contributed by atoms with Crippen LogP contribution in [0.25, 0.3) is 17.2 Å². The van der Waals surface area contributed by atoms with E-state index in [1.165, 1.54) is 4.90 Å². The largest absolute Gasteiger partial charge is 0.496 e. The van der Waals surface area contributed by atoms with E-state index in [0.29, 0.717) is 34.7 Å². The summed E-state index contributed by atoms with van der Waals surface area (Å²) in [5.41, 5.74) is 5.89. The van der Waals surface area contributed by atoms with Crippen LogP contribution >= 0.6 is 0 Å². The van der Waals surface area contributed by atoms with Crippen molar-refractivity contribution in [3.8, 4) is 22.6 Å². The third-order valence-electron chi connectivity index (χ3n) is 11.3. The van der Waals surface area contributed by atoms with Gasteiger partial charge in [-0.15, -0.1) is 0 Å². The molecule has 0 radical (unpaired) electrons. The number of hydrogen-bond donors (Lipinski definition) is 2. The third kappa shape index (κ3) is 6.63. The fourth-order valence-corrected chi connectivity index (χ4v) is 8.08. The van der Waals surface area contributed by atoms with E-state index in [2.05, 4.69) is 26.8 Å². The Balaban J connectivity index is 1.09. The number of benzene rings is 2. The van der Waals surface area contributed by atoms with Gasteiger partial charge in [0.1, 0.15) is 23.4 Å². The fourth-order valence-electron chi connectivity index (χ4n) is 8.08. The van der Waals surface area contributed by atoms with E-state index in [1.54, 1.807) is 31.9 Å². The van der Waals surface area contributed by atoms with E-state index in [4.69, 9.17) is 9.47 Å². The molecule has 2 N–H and O–H groups in total. The number of rotatable bonds is 10. The van der Waals surface area contributed by atoms with Gasteiger partial charge >= 0.3 is 0 Å². The molecule has 0 saturated carbocycles. The molecule has 4 aliphatic rings. The van der Waals surface area contributed by atoms with Gasteiger partial charge in [-0.1, -0.05) is 12.1 Å². The lowest BCUT2D eigenvalue weighted by Gasteiger charge is -2.33. The van der Waals surface area contributed by atoms with E-state index in [1.807, 2.05) is 43.5 Å². The molecule has 13 nitrogen and oxygen atoms in total. The quantitative estimate of drug-likeness (QED) is 0.236. The van der Waals surface area contributed by atoms with E-state index >= 15 is 0 Å². The summed E-state index contributed by atoms with van der Waals surface area (Å²) in [5, 5.41) is 13.5. The van der Waals surface area contributed by atoms with Crippen molar-refractivity contribution in [1.29, 1.82) is 0 Å². The number of aryl methyl sites for hydroxylation is 1. The molecule has 0 aliphatic carbocycles. The predicted molar refractivity (Wildman–Crippen MR) is 200 cm³/mol. The summed E-state index contributed by atoms with van der Waals surface area (Å²) >= 11 is 0. The minimum absolute atomic E-state index is 0.0790. The van der Waals surface area contributed by atoms with Crippen LogP contribution in [0, 0.1) is 6.92 Å². The van der Waals surface area contributed by atoms with Gasteiger partial charge in [0.15, 0.2) is 6.23 Å². The van der Waals surface area contributed by atoms with Crippen molar-refractivity contribution in [3.63, 3.8) is 0 Å². The first kappa shape index (κ1) is 36.1. The maximum atomic E-state index is 13.2. The zero-order chi connectivity index (χ0) is 37.6. The SMILES string of the molecule is C=N/C(=C\c1c(-c2cc(OC)c(CN3CCC(c4ccc5c(c4)C(O)N(C4CCC(=O)NC4=O)C5=O)CC3)c(OC)c2)cn(C)c(=O)c1C)N1CCC1. The summed E-state index contributed by atoms with van der Waals surface area (Å²) in [6.45, 7) is 9.65. The van der Waals surface area contributed by atoms with Gasteiger partial charge in [0.25, 0.3) is 11.5 Å². The molecular weight excluding hydrogens is 676 g/mol. The van der Waals surface area contributed by atoms with Crippen molar-refractivity contribution in [2.75, 3.05) is 40.4 Å². The van der Waals surface area contributed by atoms with Crippen LogP contribution in [-0.2, 0) is 23.2 Å². The number of methoxy groups -OCH3 is 2. The summed E-state index contributed by atoms with van der Waals surface area (Å²) in [5.74, 6) is 1.01. The van der Waals surface area contributed by atoms with Crippen molar-refractivity contribution in [1.82, 2.24) is 24.6 Å². The molecule has 53 heavy (non-hydrogen) atoms. The van der Waals surface area contributed by atoms with Gasteiger partial charge in [0.05, 0.1) is 19.8 Å². The second-order valence-corrected chi connectivity index (χ2v) is 14.3. The van der Waals surface area contributed by atoms with Crippen molar-refractivity contribution in [2.45, 2.75) is 63.8 Å². The Hall–Kier alpha value is -5.27. The molecule has 5 heterocycles. The lowest BCUT2D eigenvalue weighted by Crippen LogP contribution is -2.53. The van der Waals surface area contributed by atoms with E-state index in [0.717, 1.165) is 79.1 Å². The number of likely N-dealkylation sites (tertiary alicyclic amines) is 2. The average molecular weight is 723 g/mol. The van der Waals surface area contributed by atoms with Crippen LogP contribution in [-0.4, -0.2) is 95.3 Å². The zero-order valence-electron chi connectivity index (χ0n) is 30.7. The Morgan fingerprint density at radius 2 is 1.70 bits per heavy atom. The summed E-state index contributed by atoms with van der Waals surface area (Å²) < 4.78 is 13.5. The first-order valence-electron chi connectivity index (χ1n) is 18.1. The molecule has 2 atom stereocenters. The molecule has 4 aliphatic heterocycles. The van der Waals surface area contributed by atoms with Crippen LogP contribution in [0.5, 0.6) is 11.5 Å². The number of aromatic nitrogens is 1. The minimum atomic E-state index is -1.25. The molecule has 278 valence electrons. The summed E-state index contributed by atoms with van der Waals surface area (Å²) in [6.07, 6.45) is 5.68. The molecule has 3 saturated heterocycles. The fraction of sp³-hybridized carbons (Fsp3) is 0.425. The van der Waals surface area contributed by atoms with Crippen LogP contribution in [0.2, 0.25) is 0 Å². The number of hydrogen-bond acceptors (Lipinski definition) is 10. The topological polar surface area (TPSA) is 146 Å². The number of ether oxygens (including phenoxy) is 2. The Kier molecular flexibility index (Phi) is 9.97. The predicted octanol–water partition coefficient (Wildman–Crippen LogP) is 3.71. The molecule has 7 rings (SSSR count). The molecule has 0 bridgehead atoms. The Morgan fingerprint density at radius 3 is 2.30 bits per heavy atom. The van der Waals surface area contributed by atoms with Crippen molar-refractivity contribution >= 4 is 30.5 Å².